The highest BCUT2D eigenvalue weighted by atomic mass is 16.6. The van der Waals surface area contributed by atoms with Crippen LogP contribution in [0.2, 0.25) is 0 Å². The van der Waals surface area contributed by atoms with Gasteiger partial charge in [-0.2, -0.15) is 0 Å². The fourth-order valence-electron chi connectivity index (χ4n) is 1.04. The van der Waals surface area contributed by atoms with Crippen LogP contribution >= 0.6 is 0 Å². The maximum atomic E-state index is 11.1. The molecule has 0 bridgehead atoms. The topological polar surface area (TPSA) is 72.8 Å². The van der Waals surface area contributed by atoms with E-state index in [2.05, 4.69) is 0 Å². The number of aliphatic hydroxyl groups excluding tert-OH is 1. The van der Waals surface area contributed by atoms with E-state index in [4.69, 9.17) is 14.6 Å². The van der Waals surface area contributed by atoms with Crippen LogP contribution in [-0.4, -0.2) is 36.4 Å². The summed E-state index contributed by atoms with van der Waals surface area (Å²) in [4.78, 5) is 22.1. The number of ether oxygens (including phenoxy) is 2. The van der Waals surface area contributed by atoms with Gasteiger partial charge in [-0.1, -0.05) is 13.8 Å². The van der Waals surface area contributed by atoms with Gasteiger partial charge < -0.3 is 14.6 Å². The molecule has 94 valence electrons. The number of aliphatic hydroxyl groups is 1. The molecule has 5 heteroatoms. The van der Waals surface area contributed by atoms with Gasteiger partial charge in [-0.15, -0.1) is 0 Å². The average Bonchev–Trinajstić information content (AvgIpc) is 2.25. The third kappa shape index (κ3) is 7.23. The molecule has 0 unspecified atom stereocenters. The van der Waals surface area contributed by atoms with Gasteiger partial charge in [-0.05, 0) is 12.8 Å². The molecular weight excluding hydrogens is 212 g/mol. The molecule has 0 aromatic heterocycles. The van der Waals surface area contributed by atoms with Crippen molar-refractivity contribution < 1.29 is 24.2 Å². The van der Waals surface area contributed by atoms with Gasteiger partial charge in [0.05, 0.1) is 6.61 Å². The molecule has 0 aliphatic heterocycles. The van der Waals surface area contributed by atoms with Gasteiger partial charge in [0.2, 0.25) is 0 Å². The molecule has 0 fully saturated rings. The fraction of sp³-hybridized carbons (Fsp3) is 0.818. The molecule has 0 aromatic carbocycles. The minimum absolute atomic E-state index is 0.0786. The van der Waals surface area contributed by atoms with E-state index in [1.807, 2.05) is 13.8 Å². The monoisotopic (exact) mass is 232 g/mol. The molecule has 0 aliphatic carbocycles. The van der Waals surface area contributed by atoms with Crippen LogP contribution in [0.25, 0.3) is 0 Å². The van der Waals surface area contributed by atoms with Crippen LogP contribution in [0.3, 0.4) is 0 Å². The average molecular weight is 232 g/mol. The minimum Gasteiger partial charge on any atom is -0.462 e. The van der Waals surface area contributed by atoms with E-state index in [0.29, 0.717) is 25.7 Å². The lowest BCUT2D eigenvalue weighted by atomic mass is 10.3. The molecule has 0 saturated carbocycles. The summed E-state index contributed by atoms with van der Waals surface area (Å²) < 4.78 is 9.74. The van der Waals surface area contributed by atoms with E-state index in [0.717, 1.165) is 0 Å². The Bertz CT molecular complexity index is 214. The zero-order chi connectivity index (χ0) is 12.4. The standard InChI is InChI=1S/C11H20O5/c1-3-5-10(13)15-8-9(7-12)16-11(14)6-4-2/h9,12H,3-8H2,1-2H3/t9-/m0/s1. The summed E-state index contributed by atoms with van der Waals surface area (Å²) in [5.41, 5.74) is 0. The van der Waals surface area contributed by atoms with Crippen LogP contribution in [-0.2, 0) is 19.1 Å². The summed E-state index contributed by atoms with van der Waals surface area (Å²) in [6, 6.07) is 0. The lowest BCUT2D eigenvalue weighted by Crippen LogP contribution is -2.28. The molecule has 0 saturated heterocycles. The number of carbonyl (C=O) groups is 2. The number of carbonyl (C=O) groups excluding carboxylic acids is 2. The normalized spacial score (nSPS) is 11.9. The smallest absolute Gasteiger partial charge is 0.306 e. The first-order valence-corrected chi connectivity index (χ1v) is 5.59. The molecule has 0 aliphatic rings. The number of esters is 2. The Morgan fingerprint density at radius 1 is 1.12 bits per heavy atom. The third-order valence-corrected chi connectivity index (χ3v) is 1.84. The minimum atomic E-state index is -0.750. The van der Waals surface area contributed by atoms with Crippen molar-refractivity contribution in [1.29, 1.82) is 0 Å². The molecular formula is C11H20O5. The maximum Gasteiger partial charge on any atom is 0.306 e. The van der Waals surface area contributed by atoms with Gasteiger partial charge in [0.1, 0.15) is 6.61 Å². The van der Waals surface area contributed by atoms with Crippen LogP contribution in [0.5, 0.6) is 0 Å². The molecule has 16 heavy (non-hydrogen) atoms. The quantitative estimate of drug-likeness (QED) is 0.633. The Morgan fingerprint density at radius 3 is 2.19 bits per heavy atom. The predicted molar refractivity (Wildman–Crippen MR) is 57.7 cm³/mol. The first-order valence-electron chi connectivity index (χ1n) is 5.59. The van der Waals surface area contributed by atoms with Crippen molar-refractivity contribution in [3.8, 4) is 0 Å². The number of hydrogen-bond donors (Lipinski definition) is 1. The van der Waals surface area contributed by atoms with Crippen molar-refractivity contribution in [2.24, 2.45) is 0 Å². The highest BCUT2D eigenvalue weighted by molar-refractivity contribution is 5.70. The van der Waals surface area contributed by atoms with Crippen molar-refractivity contribution in [2.45, 2.75) is 45.6 Å². The van der Waals surface area contributed by atoms with Crippen LogP contribution in [0, 0.1) is 0 Å². The van der Waals surface area contributed by atoms with E-state index < -0.39 is 6.10 Å². The molecule has 0 heterocycles. The molecule has 5 nitrogen and oxygen atoms in total. The highest BCUT2D eigenvalue weighted by Gasteiger charge is 2.15. The van der Waals surface area contributed by atoms with Crippen molar-refractivity contribution in [1.82, 2.24) is 0 Å². The maximum absolute atomic E-state index is 11.1. The molecule has 0 rings (SSSR count). The molecule has 1 atom stereocenters. The van der Waals surface area contributed by atoms with Crippen molar-refractivity contribution in [3.05, 3.63) is 0 Å². The lowest BCUT2D eigenvalue weighted by Gasteiger charge is -2.15. The van der Waals surface area contributed by atoms with Gasteiger partial charge in [0.25, 0.3) is 0 Å². The van der Waals surface area contributed by atoms with E-state index in [9.17, 15) is 9.59 Å². The summed E-state index contributed by atoms with van der Waals surface area (Å²) in [5, 5.41) is 8.92. The third-order valence-electron chi connectivity index (χ3n) is 1.84. The van der Waals surface area contributed by atoms with Crippen LogP contribution in [0.4, 0.5) is 0 Å². The Morgan fingerprint density at radius 2 is 1.69 bits per heavy atom. The molecule has 0 amide bonds. The zero-order valence-electron chi connectivity index (χ0n) is 9.90. The zero-order valence-corrected chi connectivity index (χ0v) is 9.90. The molecule has 0 spiro atoms. The summed E-state index contributed by atoms with van der Waals surface area (Å²) in [6.45, 7) is 3.31. The molecule has 0 aromatic rings. The van der Waals surface area contributed by atoms with Crippen LogP contribution in [0.15, 0.2) is 0 Å². The van der Waals surface area contributed by atoms with E-state index in [-0.39, 0.29) is 25.2 Å². The Labute approximate surface area is 95.7 Å². The largest absolute Gasteiger partial charge is 0.462 e. The van der Waals surface area contributed by atoms with Gasteiger partial charge in [0.15, 0.2) is 6.10 Å². The Hall–Kier alpha value is -1.10. The van der Waals surface area contributed by atoms with Crippen molar-refractivity contribution >= 4 is 11.9 Å². The molecule has 0 radical (unpaired) electrons. The second kappa shape index (κ2) is 9.15. The first kappa shape index (κ1) is 14.9. The van der Waals surface area contributed by atoms with Crippen LogP contribution in [0.1, 0.15) is 39.5 Å². The molecule has 1 N–H and O–H groups in total. The van der Waals surface area contributed by atoms with Gasteiger partial charge in [0, 0.05) is 12.8 Å². The highest BCUT2D eigenvalue weighted by Crippen LogP contribution is 2.00. The van der Waals surface area contributed by atoms with Gasteiger partial charge in [-0.25, -0.2) is 0 Å². The number of hydrogen-bond acceptors (Lipinski definition) is 5. The van der Waals surface area contributed by atoms with Gasteiger partial charge >= 0.3 is 11.9 Å². The Balaban J connectivity index is 3.82. The summed E-state index contributed by atoms with van der Waals surface area (Å²) in [5.74, 6) is -0.722. The van der Waals surface area contributed by atoms with Crippen molar-refractivity contribution in [3.63, 3.8) is 0 Å². The van der Waals surface area contributed by atoms with E-state index in [1.54, 1.807) is 0 Å². The first-order chi connectivity index (χ1) is 7.63. The van der Waals surface area contributed by atoms with Crippen LogP contribution < -0.4 is 0 Å². The summed E-state index contributed by atoms with van der Waals surface area (Å²) in [7, 11) is 0. The number of rotatable bonds is 8. The Kier molecular flexibility index (Phi) is 8.52. The van der Waals surface area contributed by atoms with Gasteiger partial charge in [-0.3, -0.25) is 9.59 Å². The van der Waals surface area contributed by atoms with E-state index in [1.165, 1.54) is 0 Å². The second-order valence-corrected chi connectivity index (χ2v) is 3.48. The predicted octanol–water partition coefficient (Wildman–Crippen LogP) is 1.03. The van der Waals surface area contributed by atoms with E-state index >= 15 is 0 Å². The lowest BCUT2D eigenvalue weighted by molar-refractivity contribution is -0.161. The SMILES string of the molecule is CCCC(=O)OC[C@H](CO)OC(=O)CCC. The fourth-order valence-corrected chi connectivity index (χ4v) is 1.04. The van der Waals surface area contributed by atoms with Crippen molar-refractivity contribution in [2.75, 3.05) is 13.2 Å². The summed E-state index contributed by atoms with van der Waals surface area (Å²) in [6.07, 6.45) is 1.28. The summed E-state index contributed by atoms with van der Waals surface area (Å²) >= 11 is 0. The second-order valence-electron chi connectivity index (χ2n) is 3.48.